The molecule has 0 aliphatic carbocycles. The van der Waals surface area contributed by atoms with E-state index in [1.165, 1.54) is 19.2 Å². The molecule has 206 valence electrons. The van der Waals surface area contributed by atoms with Crippen LogP contribution < -0.4 is 0 Å². The number of hydrogen-bond acceptors (Lipinski definition) is 5. The fourth-order valence-electron chi connectivity index (χ4n) is 4.80. The lowest BCUT2D eigenvalue weighted by Crippen LogP contribution is -2.44. The van der Waals surface area contributed by atoms with Gasteiger partial charge in [0.1, 0.15) is 8.07 Å². The molecular weight excluding hydrogens is 497 g/mol. The maximum Gasteiger partial charge on any atom is 0.442 e. The zero-order valence-corrected chi connectivity index (χ0v) is 24.3. The first-order valence-electron chi connectivity index (χ1n) is 12.9. The van der Waals surface area contributed by atoms with Crippen molar-refractivity contribution in [2.75, 3.05) is 7.11 Å². The quantitative estimate of drug-likeness (QED) is 0.186. The number of hydrogen-bond donors (Lipinski definition) is 1. The molecule has 0 aromatic heterocycles. The number of carbonyl (C=O) groups is 1. The topological polar surface area (TPSA) is 71.2 Å². The van der Waals surface area contributed by atoms with E-state index in [0.717, 1.165) is 12.0 Å². The van der Waals surface area contributed by atoms with Crippen LogP contribution in [-0.4, -0.2) is 38.5 Å². The molecule has 1 N–H and O–H groups in total. The van der Waals surface area contributed by atoms with Crippen molar-refractivity contribution in [3.05, 3.63) is 35.4 Å². The van der Waals surface area contributed by atoms with Gasteiger partial charge in [-0.25, -0.2) is 0 Å². The van der Waals surface area contributed by atoms with Crippen LogP contribution in [0.5, 0.6) is 0 Å². The van der Waals surface area contributed by atoms with Gasteiger partial charge < -0.3 is 9.84 Å². The van der Waals surface area contributed by atoms with Crippen LogP contribution in [0.25, 0.3) is 0 Å². The molecule has 9 heteroatoms. The number of rotatable bonds is 11. The maximum atomic E-state index is 13.3. The standard InChI is InChI=1S/C28H41F3N2O3Si/c1-9-25(3,17-18-37(6,7)8)19-26(4,10-2)23(24(35)36-5)22(34)16-13-20-11-14-21(15-12-20)27(32-33-27)28(29,30)31/h11-12,14-15,22-23,34H,9-10,13,16,19H2,1-8H3/t22-,23?,25?,26?/m1/s1. The number of aliphatic hydroxyl groups excluding tert-OH is 1. The summed E-state index contributed by atoms with van der Waals surface area (Å²) in [6.45, 7) is 14.8. The molecule has 0 saturated heterocycles. The van der Waals surface area contributed by atoms with E-state index in [2.05, 4.69) is 55.2 Å². The molecule has 1 aromatic carbocycles. The number of halogens is 3. The Bertz CT molecular complexity index is 1030. The maximum absolute atomic E-state index is 13.3. The van der Waals surface area contributed by atoms with Gasteiger partial charge in [-0.2, -0.15) is 13.2 Å². The molecule has 1 aliphatic rings. The minimum atomic E-state index is -4.57. The van der Waals surface area contributed by atoms with Gasteiger partial charge in [0.25, 0.3) is 0 Å². The van der Waals surface area contributed by atoms with Gasteiger partial charge in [-0.15, -0.1) is 21.7 Å². The molecular formula is C28H41F3N2O3Si. The Balaban J connectivity index is 2.22. The highest BCUT2D eigenvalue weighted by Crippen LogP contribution is 2.52. The van der Waals surface area contributed by atoms with Gasteiger partial charge in [-0.3, -0.25) is 4.79 Å². The Morgan fingerprint density at radius 3 is 2.08 bits per heavy atom. The summed E-state index contributed by atoms with van der Waals surface area (Å²) in [4.78, 5) is 13.0. The minimum Gasteiger partial charge on any atom is -0.469 e. The molecule has 4 atom stereocenters. The molecule has 0 spiro atoms. The summed E-state index contributed by atoms with van der Waals surface area (Å²) >= 11 is 0. The van der Waals surface area contributed by atoms with Crippen molar-refractivity contribution in [3.8, 4) is 11.5 Å². The number of benzene rings is 1. The third-order valence-corrected chi connectivity index (χ3v) is 8.37. The van der Waals surface area contributed by atoms with Crippen molar-refractivity contribution in [1.29, 1.82) is 0 Å². The van der Waals surface area contributed by atoms with Crippen molar-refractivity contribution < 1.29 is 27.8 Å². The summed E-state index contributed by atoms with van der Waals surface area (Å²) in [5.74, 6) is 2.27. The largest absolute Gasteiger partial charge is 0.469 e. The van der Waals surface area contributed by atoms with E-state index in [1.54, 1.807) is 12.1 Å². The van der Waals surface area contributed by atoms with Crippen molar-refractivity contribution in [1.82, 2.24) is 0 Å². The predicted molar refractivity (Wildman–Crippen MR) is 141 cm³/mol. The fraction of sp³-hybridized carbons (Fsp3) is 0.679. The fourth-order valence-corrected chi connectivity index (χ4v) is 5.48. The molecule has 3 unspecified atom stereocenters. The number of alkyl halides is 3. The summed E-state index contributed by atoms with van der Waals surface area (Å²) in [7, 11) is -0.271. The van der Waals surface area contributed by atoms with Gasteiger partial charge in [0.2, 0.25) is 0 Å². The van der Waals surface area contributed by atoms with E-state index in [9.17, 15) is 23.1 Å². The Labute approximate surface area is 220 Å². The number of nitrogens with zero attached hydrogens (tertiary/aromatic N) is 2. The number of aryl methyl sites for hydroxylation is 1. The average Bonchev–Trinajstić information content (AvgIpc) is 3.64. The Morgan fingerprint density at radius 2 is 1.68 bits per heavy atom. The van der Waals surface area contributed by atoms with E-state index >= 15 is 0 Å². The molecule has 1 aromatic rings. The lowest BCUT2D eigenvalue weighted by atomic mass is 9.62. The first-order chi connectivity index (χ1) is 17.0. The van der Waals surface area contributed by atoms with Crippen LogP contribution in [-0.2, 0) is 21.6 Å². The van der Waals surface area contributed by atoms with Crippen LogP contribution in [0.2, 0.25) is 19.6 Å². The van der Waals surface area contributed by atoms with Gasteiger partial charge >= 0.3 is 17.8 Å². The Hall–Kier alpha value is -2.18. The summed E-state index contributed by atoms with van der Waals surface area (Å²) in [5, 5.41) is 17.7. The van der Waals surface area contributed by atoms with Gasteiger partial charge in [-0.1, -0.05) is 64.7 Å². The SMILES string of the molecule is CCC(C)(C#C[Si](C)(C)C)CC(C)(CC)C(C(=O)OC)[C@H](O)CCc1ccc(C2(C(F)(F)F)N=N2)cc1. The Kier molecular flexibility index (Phi) is 9.46. The van der Waals surface area contributed by atoms with Crippen LogP contribution in [0.1, 0.15) is 64.5 Å². The number of carbonyl (C=O) groups excluding carboxylic acids is 1. The summed E-state index contributed by atoms with van der Waals surface area (Å²) < 4.78 is 44.9. The van der Waals surface area contributed by atoms with Gasteiger partial charge in [0, 0.05) is 11.0 Å². The van der Waals surface area contributed by atoms with Crippen LogP contribution in [0, 0.1) is 28.2 Å². The molecule has 0 bridgehead atoms. The second-order valence-electron chi connectivity index (χ2n) is 11.8. The second kappa shape index (κ2) is 11.3. The molecule has 1 heterocycles. The number of aliphatic hydroxyl groups is 1. The third-order valence-electron chi connectivity index (χ3n) is 7.49. The zero-order chi connectivity index (χ0) is 28.3. The van der Waals surface area contributed by atoms with E-state index in [-0.39, 0.29) is 17.4 Å². The van der Waals surface area contributed by atoms with E-state index < -0.39 is 43.3 Å². The predicted octanol–water partition coefficient (Wildman–Crippen LogP) is 7.05. The molecule has 5 nitrogen and oxygen atoms in total. The summed E-state index contributed by atoms with van der Waals surface area (Å²) in [6, 6.07) is 5.91. The first-order valence-corrected chi connectivity index (χ1v) is 16.4. The van der Waals surface area contributed by atoms with Gasteiger partial charge in [0.05, 0.1) is 19.1 Å². The summed E-state index contributed by atoms with van der Waals surface area (Å²) in [6.07, 6.45) is -2.82. The number of ether oxygens (including phenoxy) is 1. The monoisotopic (exact) mass is 538 g/mol. The zero-order valence-electron chi connectivity index (χ0n) is 23.3. The van der Waals surface area contributed by atoms with Gasteiger partial charge in [-0.05, 0) is 50.0 Å². The number of methoxy groups -OCH3 is 1. The summed E-state index contributed by atoms with van der Waals surface area (Å²) in [5.41, 5.74) is 0.856. The molecule has 0 saturated carbocycles. The van der Waals surface area contributed by atoms with Crippen molar-refractivity contribution >= 4 is 14.0 Å². The molecule has 0 amide bonds. The average molecular weight is 539 g/mol. The van der Waals surface area contributed by atoms with Crippen molar-refractivity contribution in [2.45, 2.75) is 97.4 Å². The van der Waals surface area contributed by atoms with E-state index in [1.807, 2.05) is 13.8 Å². The van der Waals surface area contributed by atoms with Gasteiger partial charge in [0.15, 0.2) is 0 Å². The highest BCUT2D eigenvalue weighted by Gasteiger charge is 2.65. The third kappa shape index (κ3) is 7.44. The van der Waals surface area contributed by atoms with Crippen molar-refractivity contribution in [2.24, 2.45) is 27.0 Å². The highest BCUT2D eigenvalue weighted by atomic mass is 28.3. The van der Waals surface area contributed by atoms with Crippen LogP contribution >= 0.6 is 0 Å². The minimum absolute atomic E-state index is 0.0337. The number of esters is 1. The molecule has 37 heavy (non-hydrogen) atoms. The van der Waals surface area contributed by atoms with Crippen LogP contribution in [0.3, 0.4) is 0 Å². The molecule has 1 aliphatic heterocycles. The van der Waals surface area contributed by atoms with E-state index in [4.69, 9.17) is 4.74 Å². The lowest BCUT2D eigenvalue weighted by Gasteiger charge is -2.42. The normalized spacial score (nSPS) is 19.6. The lowest BCUT2D eigenvalue weighted by molar-refractivity contribution is -0.166. The first kappa shape index (κ1) is 31.0. The molecule has 2 rings (SSSR count). The van der Waals surface area contributed by atoms with E-state index in [0.29, 0.717) is 19.3 Å². The molecule has 0 fully saturated rings. The van der Waals surface area contributed by atoms with Crippen molar-refractivity contribution in [3.63, 3.8) is 0 Å². The highest BCUT2D eigenvalue weighted by molar-refractivity contribution is 6.83. The van der Waals surface area contributed by atoms with Crippen LogP contribution in [0.15, 0.2) is 34.5 Å². The second-order valence-corrected chi connectivity index (χ2v) is 16.5. The Morgan fingerprint density at radius 1 is 1.11 bits per heavy atom. The smallest absolute Gasteiger partial charge is 0.442 e. The molecule has 0 radical (unpaired) electrons. The van der Waals surface area contributed by atoms with Crippen LogP contribution in [0.4, 0.5) is 13.2 Å².